The molecule has 1 aromatic rings. The minimum Gasteiger partial charge on any atom is -0.300 e. The molecule has 2 rings (SSSR count). The van der Waals surface area contributed by atoms with Crippen LogP contribution in [0.2, 0.25) is 0 Å². The first kappa shape index (κ1) is 15.9. The van der Waals surface area contributed by atoms with Crippen molar-refractivity contribution in [3.8, 4) is 0 Å². The Bertz CT molecular complexity index is 563. The summed E-state index contributed by atoms with van der Waals surface area (Å²) in [4.78, 5) is 11.1. The lowest BCUT2D eigenvalue weighted by atomic mass is 9.75. The highest BCUT2D eigenvalue weighted by atomic mass is 19.1. The molecule has 114 valence electrons. The van der Waals surface area contributed by atoms with Gasteiger partial charge in [0.25, 0.3) is 0 Å². The fourth-order valence-electron chi connectivity index (χ4n) is 3.01. The summed E-state index contributed by atoms with van der Waals surface area (Å²) < 4.78 is 27.1. The topological polar surface area (TPSA) is 17.1 Å². The second-order valence-corrected chi connectivity index (χ2v) is 6.26. The fourth-order valence-corrected chi connectivity index (χ4v) is 3.01. The molecule has 21 heavy (non-hydrogen) atoms. The lowest BCUT2D eigenvalue weighted by Gasteiger charge is -2.29. The van der Waals surface area contributed by atoms with E-state index in [-0.39, 0.29) is 11.7 Å². The van der Waals surface area contributed by atoms with E-state index in [1.165, 1.54) is 6.07 Å². The summed E-state index contributed by atoms with van der Waals surface area (Å²) in [5.74, 6) is 0.251. The van der Waals surface area contributed by atoms with E-state index in [1.54, 1.807) is 13.0 Å². The van der Waals surface area contributed by atoms with Crippen molar-refractivity contribution in [2.75, 3.05) is 0 Å². The number of carbonyl (C=O) groups excluding carboxylic acids is 1. The van der Waals surface area contributed by atoms with E-state index in [2.05, 4.69) is 13.8 Å². The van der Waals surface area contributed by atoms with E-state index < -0.39 is 11.6 Å². The van der Waals surface area contributed by atoms with Crippen molar-refractivity contribution < 1.29 is 13.6 Å². The summed E-state index contributed by atoms with van der Waals surface area (Å²) in [7, 11) is 0. The van der Waals surface area contributed by atoms with Crippen LogP contribution in [0.15, 0.2) is 18.2 Å². The third kappa shape index (κ3) is 3.78. The van der Waals surface area contributed by atoms with Crippen LogP contribution in [0.4, 0.5) is 8.78 Å². The minimum atomic E-state index is -0.516. The van der Waals surface area contributed by atoms with Crippen molar-refractivity contribution in [2.45, 2.75) is 40.0 Å². The number of hydrogen-bond acceptors (Lipinski definition) is 1. The maximum absolute atomic E-state index is 13.7. The Morgan fingerprint density at radius 1 is 1.33 bits per heavy atom. The van der Waals surface area contributed by atoms with Gasteiger partial charge in [-0.05, 0) is 49.1 Å². The molecule has 1 aliphatic rings. The normalized spacial score (nSPS) is 20.0. The van der Waals surface area contributed by atoms with E-state index in [0.29, 0.717) is 30.2 Å². The Hall–Kier alpha value is -1.51. The predicted octanol–water partition coefficient (Wildman–Crippen LogP) is 4.79. The molecular weight excluding hydrogens is 270 g/mol. The van der Waals surface area contributed by atoms with Gasteiger partial charge in [-0.25, -0.2) is 8.78 Å². The Labute approximate surface area is 125 Å². The van der Waals surface area contributed by atoms with Crippen LogP contribution in [-0.2, 0) is 11.2 Å². The highest BCUT2D eigenvalue weighted by Gasteiger charge is 2.25. The lowest BCUT2D eigenvalue weighted by Crippen LogP contribution is -2.22. The smallest absolute Gasteiger partial charge is 0.133 e. The standard InChI is InChI=1S/C18H22F2O/c1-11(4-5-12(2)21)13(3)14-6-7-17-15(8-14)9-16(19)10-18(17)20/h6-7,9-11,13-14H,4-5,8H2,1-3H3. The van der Waals surface area contributed by atoms with Crippen molar-refractivity contribution >= 4 is 11.9 Å². The van der Waals surface area contributed by atoms with E-state index in [0.717, 1.165) is 18.1 Å². The molecule has 0 N–H and O–H groups in total. The fraction of sp³-hybridized carbons (Fsp3) is 0.500. The number of benzene rings is 1. The van der Waals surface area contributed by atoms with Gasteiger partial charge in [-0.1, -0.05) is 26.0 Å². The number of carbonyl (C=O) groups is 1. The molecule has 0 bridgehead atoms. The van der Waals surface area contributed by atoms with Gasteiger partial charge in [-0.15, -0.1) is 0 Å². The van der Waals surface area contributed by atoms with Crippen LogP contribution in [-0.4, -0.2) is 5.78 Å². The largest absolute Gasteiger partial charge is 0.300 e. The van der Waals surface area contributed by atoms with Crippen molar-refractivity contribution in [1.29, 1.82) is 0 Å². The molecule has 1 aromatic carbocycles. The quantitative estimate of drug-likeness (QED) is 0.762. The molecule has 0 fully saturated rings. The number of ketones is 1. The molecule has 0 amide bonds. The molecule has 0 saturated carbocycles. The van der Waals surface area contributed by atoms with Crippen LogP contribution < -0.4 is 0 Å². The molecular formula is C18H22F2O. The van der Waals surface area contributed by atoms with Crippen LogP contribution in [0.1, 0.15) is 44.7 Å². The third-order valence-electron chi connectivity index (χ3n) is 4.67. The molecule has 1 nitrogen and oxygen atoms in total. The first-order valence-corrected chi connectivity index (χ1v) is 7.54. The molecule has 0 saturated heterocycles. The van der Waals surface area contributed by atoms with Gasteiger partial charge in [0, 0.05) is 18.1 Å². The monoisotopic (exact) mass is 292 g/mol. The van der Waals surface area contributed by atoms with Crippen LogP contribution >= 0.6 is 0 Å². The number of hydrogen-bond donors (Lipinski definition) is 0. The maximum Gasteiger partial charge on any atom is 0.133 e. The number of fused-ring (bicyclic) bond motifs is 1. The molecule has 3 heteroatoms. The van der Waals surface area contributed by atoms with Gasteiger partial charge < -0.3 is 4.79 Å². The van der Waals surface area contributed by atoms with E-state index in [4.69, 9.17) is 0 Å². The zero-order valence-electron chi connectivity index (χ0n) is 12.8. The summed E-state index contributed by atoms with van der Waals surface area (Å²) in [6, 6.07) is 2.37. The summed E-state index contributed by atoms with van der Waals surface area (Å²) in [6.07, 6.45) is 5.92. The number of allylic oxidation sites excluding steroid dienone is 1. The Kier molecular flexibility index (Phi) is 4.92. The molecule has 0 spiro atoms. The Morgan fingerprint density at radius 2 is 2.05 bits per heavy atom. The molecule has 0 aromatic heterocycles. The first-order chi connectivity index (χ1) is 9.88. The SMILES string of the molecule is CC(=O)CCC(C)C(C)C1C=Cc2c(F)cc(F)cc2C1. The third-order valence-corrected chi connectivity index (χ3v) is 4.67. The number of Topliss-reactive ketones (excluding diaryl/α,β-unsaturated/α-hetero) is 1. The first-order valence-electron chi connectivity index (χ1n) is 7.54. The highest BCUT2D eigenvalue weighted by molar-refractivity contribution is 5.75. The van der Waals surface area contributed by atoms with Crippen LogP contribution in [0, 0.1) is 29.4 Å². The summed E-state index contributed by atoms with van der Waals surface area (Å²) in [5, 5.41) is 0. The van der Waals surface area contributed by atoms with Gasteiger partial charge in [0.05, 0.1) is 0 Å². The van der Waals surface area contributed by atoms with Gasteiger partial charge in [-0.2, -0.15) is 0 Å². The minimum absolute atomic E-state index is 0.211. The van der Waals surface area contributed by atoms with Crippen molar-refractivity contribution in [3.05, 3.63) is 41.0 Å². The van der Waals surface area contributed by atoms with E-state index >= 15 is 0 Å². The zero-order valence-corrected chi connectivity index (χ0v) is 12.8. The second kappa shape index (κ2) is 6.50. The molecule has 0 heterocycles. The molecule has 1 aliphatic carbocycles. The second-order valence-electron chi connectivity index (χ2n) is 6.26. The Morgan fingerprint density at radius 3 is 2.71 bits per heavy atom. The van der Waals surface area contributed by atoms with Gasteiger partial charge in [0.1, 0.15) is 17.4 Å². The zero-order chi connectivity index (χ0) is 15.6. The molecule has 0 aliphatic heterocycles. The average Bonchev–Trinajstić information content (AvgIpc) is 2.43. The van der Waals surface area contributed by atoms with Crippen LogP contribution in [0.3, 0.4) is 0 Å². The predicted molar refractivity (Wildman–Crippen MR) is 80.8 cm³/mol. The maximum atomic E-state index is 13.7. The van der Waals surface area contributed by atoms with Gasteiger partial charge >= 0.3 is 0 Å². The van der Waals surface area contributed by atoms with E-state index in [1.807, 2.05) is 6.08 Å². The molecule has 3 atom stereocenters. The summed E-state index contributed by atoms with van der Waals surface area (Å²) in [6.45, 7) is 5.91. The van der Waals surface area contributed by atoms with Gasteiger partial charge in [0.2, 0.25) is 0 Å². The van der Waals surface area contributed by atoms with E-state index in [9.17, 15) is 13.6 Å². The number of rotatable bonds is 5. The molecule has 3 unspecified atom stereocenters. The van der Waals surface area contributed by atoms with Crippen molar-refractivity contribution in [2.24, 2.45) is 17.8 Å². The van der Waals surface area contributed by atoms with Gasteiger partial charge in [-0.3, -0.25) is 0 Å². The van der Waals surface area contributed by atoms with Crippen molar-refractivity contribution in [3.63, 3.8) is 0 Å². The van der Waals surface area contributed by atoms with Gasteiger partial charge in [0.15, 0.2) is 0 Å². The number of halogens is 2. The molecule has 0 radical (unpaired) electrons. The van der Waals surface area contributed by atoms with Crippen LogP contribution in [0.5, 0.6) is 0 Å². The highest BCUT2D eigenvalue weighted by Crippen LogP contribution is 2.34. The lowest BCUT2D eigenvalue weighted by molar-refractivity contribution is -0.117. The van der Waals surface area contributed by atoms with Crippen molar-refractivity contribution in [1.82, 2.24) is 0 Å². The Balaban J connectivity index is 2.09. The summed E-state index contributed by atoms with van der Waals surface area (Å²) in [5.41, 5.74) is 1.25. The average molecular weight is 292 g/mol. The summed E-state index contributed by atoms with van der Waals surface area (Å²) >= 11 is 0. The van der Waals surface area contributed by atoms with Crippen LogP contribution in [0.25, 0.3) is 6.08 Å².